The van der Waals surface area contributed by atoms with Crippen LogP contribution in [0, 0.1) is 0 Å². The van der Waals surface area contributed by atoms with Gasteiger partial charge in [-0.2, -0.15) is 4.31 Å². The van der Waals surface area contributed by atoms with Gasteiger partial charge in [0.15, 0.2) is 0 Å². The average Bonchev–Trinajstić information content (AvgIpc) is 2.79. The summed E-state index contributed by atoms with van der Waals surface area (Å²) in [5.41, 5.74) is 0. The standard InChI is InChI=1S/C11H21N3O3S/c1-9-8-13(6-7-14(9)18(2,16)17)11(15)10-4-3-5-12-10/h9-10,12H,3-8H2,1-2H3/t9-,10-/m0/s1. The van der Waals surface area contributed by atoms with Crippen molar-refractivity contribution in [2.75, 3.05) is 32.4 Å². The van der Waals surface area contributed by atoms with Crippen LogP contribution in [0.3, 0.4) is 0 Å². The van der Waals surface area contributed by atoms with Gasteiger partial charge in [-0.1, -0.05) is 0 Å². The minimum Gasteiger partial charge on any atom is -0.338 e. The zero-order valence-corrected chi connectivity index (χ0v) is 11.7. The summed E-state index contributed by atoms with van der Waals surface area (Å²) < 4.78 is 24.6. The van der Waals surface area contributed by atoms with Gasteiger partial charge in [0.25, 0.3) is 0 Å². The quantitative estimate of drug-likeness (QED) is 0.718. The molecule has 0 aromatic rings. The van der Waals surface area contributed by atoms with Crippen LogP contribution >= 0.6 is 0 Å². The molecule has 2 atom stereocenters. The highest BCUT2D eigenvalue weighted by molar-refractivity contribution is 7.88. The van der Waals surface area contributed by atoms with Crippen LogP contribution in [0.4, 0.5) is 0 Å². The highest BCUT2D eigenvalue weighted by Crippen LogP contribution is 2.16. The highest BCUT2D eigenvalue weighted by atomic mass is 32.2. The molecule has 104 valence electrons. The molecular formula is C11H21N3O3S. The van der Waals surface area contributed by atoms with Gasteiger partial charge in [0.2, 0.25) is 15.9 Å². The van der Waals surface area contributed by atoms with Crippen molar-refractivity contribution < 1.29 is 13.2 Å². The topological polar surface area (TPSA) is 69.7 Å². The van der Waals surface area contributed by atoms with Gasteiger partial charge in [-0.25, -0.2) is 8.42 Å². The Morgan fingerprint density at radius 2 is 2.06 bits per heavy atom. The van der Waals surface area contributed by atoms with Crippen LogP contribution in [-0.4, -0.2) is 68.0 Å². The fourth-order valence-electron chi connectivity index (χ4n) is 2.75. The van der Waals surface area contributed by atoms with Gasteiger partial charge in [0.1, 0.15) is 0 Å². The summed E-state index contributed by atoms with van der Waals surface area (Å²) in [4.78, 5) is 14.0. The molecule has 2 rings (SSSR count). The molecule has 0 saturated carbocycles. The molecule has 1 amide bonds. The Morgan fingerprint density at radius 1 is 1.33 bits per heavy atom. The summed E-state index contributed by atoms with van der Waals surface area (Å²) in [6, 6.07) is -0.207. The molecule has 0 aromatic carbocycles. The van der Waals surface area contributed by atoms with Crippen molar-refractivity contribution in [2.24, 2.45) is 0 Å². The monoisotopic (exact) mass is 275 g/mol. The lowest BCUT2D eigenvalue weighted by Crippen LogP contribution is -2.57. The van der Waals surface area contributed by atoms with E-state index in [4.69, 9.17) is 0 Å². The number of piperazine rings is 1. The maximum Gasteiger partial charge on any atom is 0.239 e. The van der Waals surface area contributed by atoms with E-state index in [0.29, 0.717) is 19.6 Å². The summed E-state index contributed by atoms with van der Waals surface area (Å²) >= 11 is 0. The zero-order valence-electron chi connectivity index (χ0n) is 10.9. The minimum absolute atomic E-state index is 0.0676. The second-order valence-corrected chi connectivity index (χ2v) is 7.09. The number of rotatable bonds is 2. The van der Waals surface area contributed by atoms with Gasteiger partial charge in [0, 0.05) is 25.7 Å². The van der Waals surface area contributed by atoms with Crippen LogP contribution in [0.2, 0.25) is 0 Å². The molecule has 0 aliphatic carbocycles. The Balaban J connectivity index is 1.97. The molecule has 2 saturated heterocycles. The molecule has 1 N–H and O–H groups in total. The van der Waals surface area contributed by atoms with Gasteiger partial charge < -0.3 is 10.2 Å². The van der Waals surface area contributed by atoms with E-state index in [-0.39, 0.29) is 18.0 Å². The van der Waals surface area contributed by atoms with E-state index in [1.807, 2.05) is 6.92 Å². The Hall–Kier alpha value is -0.660. The molecule has 0 radical (unpaired) electrons. The number of hydrogen-bond donors (Lipinski definition) is 1. The predicted molar refractivity (Wildman–Crippen MR) is 68.6 cm³/mol. The number of carbonyl (C=O) groups excluding carboxylic acids is 1. The van der Waals surface area contributed by atoms with Crippen LogP contribution in [-0.2, 0) is 14.8 Å². The number of nitrogens with zero attached hydrogens (tertiary/aromatic N) is 2. The maximum absolute atomic E-state index is 12.2. The van der Waals surface area contributed by atoms with Crippen molar-refractivity contribution in [3.05, 3.63) is 0 Å². The molecule has 0 aromatic heterocycles. The highest BCUT2D eigenvalue weighted by Gasteiger charge is 2.34. The number of nitrogens with one attached hydrogen (secondary N) is 1. The summed E-state index contributed by atoms with van der Waals surface area (Å²) in [6.07, 6.45) is 3.15. The number of hydrogen-bond acceptors (Lipinski definition) is 4. The third kappa shape index (κ3) is 2.84. The van der Waals surface area contributed by atoms with Crippen molar-refractivity contribution in [1.29, 1.82) is 0 Å². The molecule has 0 spiro atoms. The SMILES string of the molecule is C[C@H]1CN(C(=O)[C@@H]2CCCN2)CCN1S(C)(=O)=O. The molecule has 2 aliphatic rings. The van der Waals surface area contributed by atoms with Crippen molar-refractivity contribution >= 4 is 15.9 Å². The zero-order chi connectivity index (χ0) is 13.3. The van der Waals surface area contributed by atoms with Crippen LogP contribution in [0.15, 0.2) is 0 Å². The number of carbonyl (C=O) groups is 1. The van der Waals surface area contributed by atoms with E-state index in [2.05, 4.69) is 5.32 Å². The fourth-order valence-corrected chi connectivity index (χ4v) is 3.88. The largest absolute Gasteiger partial charge is 0.338 e. The molecule has 0 bridgehead atoms. The summed E-state index contributed by atoms with van der Waals surface area (Å²) in [5.74, 6) is 0.118. The van der Waals surface area contributed by atoms with E-state index in [0.717, 1.165) is 19.4 Å². The van der Waals surface area contributed by atoms with E-state index in [9.17, 15) is 13.2 Å². The normalized spacial score (nSPS) is 30.7. The summed E-state index contributed by atoms with van der Waals surface area (Å²) in [6.45, 7) is 4.13. The molecule has 18 heavy (non-hydrogen) atoms. The van der Waals surface area contributed by atoms with Gasteiger partial charge in [-0.15, -0.1) is 0 Å². The molecule has 6 nitrogen and oxygen atoms in total. The smallest absolute Gasteiger partial charge is 0.239 e. The van der Waals surface area contributed by atoms with Crippen LogP contribution in [0.1, 0.15) is 19.8 Å². The van der Waals surface area contributed by atoms with E-state index in [1.165, 1.54) is 10.6 Å². The first-order valence-corrected chi connectivity index (χ1v) is 8.23. The molecule has 2 fully saturated rings. The lowest BCUT2D eigenvalue weighted by atomic mass is 10.1. The third-order valence-corrected chi connectivity index (χ3v) is 5.06. The van der Waals surface area contributed by atoms with Crippen LogP contribution in [0.25, 0.3) is 0 Å². The second-order valence-electron chi connectivity index (χ2n) is 5.16. The van der Waals surface area contributed by atoms with Gasteiger partial charge in [-0.05, 0) is 26.3 Å². The molecular weight excluding hydrogens is 254 g/mol. The average molecular weight is 275 g/mol. The first kappa shape index (κ1) is 13.8. The van der Waals surface area contributed by atoms with Gasteiger partial charge in [0.05, 0.1) is 12.3 Å². The first-order valence-electron chi connectivity index (χ1n) is 6.38. The van der Waals surface area contributed by atoms with Gasteiger partial charge in [-0.3, -0.25) is 4.79 Å². The summed E-state index contributed by atoms with van der Waals surface area (Å²) in [5, 5.41) is 3.19. The summed E-state index contributed by atoms with van der Waals surface area (Å²) in [7, 11) is -3.16. The van der Waals surface area contributed by atoms with Crippen molar-refractivity contribution in [1.82, 2.24) is 14.5 Å². The van der Waals surface area contributed by atoms with Crippen LogP contribution in [0.5, 0.6) is 0 Å². The van der Waals surface area contributed by atoms with E-state index in [1.54, 1.807) is 4.90 Å². The lowest BCUT2D eigenvalue weighted by molar-refractivity contribution is -0.135. The van der Waals surface area contributed by atoms with Crippen molar-refractivity contribution in [2.45, 2.75) is 31.8 Å². The Labute approximate surface area is 108 Å². The Morgan fingerprint density at radius 3 is 2.56 bits per heavy atom. The fraction of sp³-hybridized carbons (Fsp3) is 0.909. The Bertz CT molecular complexity index is 417. The minimum atomic E-state index is -3.16. The molecule has 2 heterocycles. The van der Waals surface area contributed by atoms with E-state index < -0.39 is 10.0 Å². The second kappa shape index (κ2) is 5.14. The molecule has 2 aliphatic heterocycles. The van der Waals surface area contributed by atoms with Crippen molar-refractivity contribution in [3.8, 4) is 0 Å². The Kier molecular flexibility index (Phi) is 3.93. The number of sulfonamides is 1. The van der Waals surface area contributed by atoms with Crippen LogP contribution < -0.4 is 5.32 Å². The van der Waals surface area contributed by atoms with Gasteiger partial charge >= 0.3 is 0 Å². The molecule has 7 heteroatoms. The molecule has 0 unspecified atom stereocenters. The van der Waals surface area contributed by atoms with Crippen molar-refractivity contribution in [3.63, 3.8) is 0 Å². The first-order chi connectivity index (χ1) is 8.39. The van der Waals surface area contributed by atoms with E-state index >= 15 is 0 Å². The predicted octanol–water partition coefficient (Wildman–Crippen LogP) is -0.769. The maximum atomic E-state index is 12.2. The lowest BCUT2D eigenvalue weighted by Gasteiger charge is -2.39. The third-order valence-electron chi connectivity index (χ3n) is 3.66. The number of amides is 1.